The molecule has 0 N–H and O–H groups in total. The lowest BCUT2D eigenvalue weighted by Gasteiger charge is -2.08. The van der Waals surface area contributed by atoms with Gasteiger partial charge >= 0.3 is 5.97 Å². The number of rotatable bonds is 8. The van der Waals surface area contributed by atoms with E-state index in [9.17, 15) is 9.59 Å². The van der Waals surface area contributed by atoms with Crippen LogP contribution in [0.2, 0.25) is 0 Å². The summed E-state index contributed by atoms with van der Waals surface area (Å²) >= 11 is 0. The van der Waals surface area contributed by atoms with Crippen LogP contribution < -0.4 is 0 Å². The molecule has 0 saturated heterocycles. The number of carbonyl (C=O) groups is 2. The van der Waals surface area contributed by atoms with Crippen LogP contribution in [-0.4, -0.2) is 18.4 Å². The molecule has 0 bridgehead atoms. The number of ether oxygens (including phenoxy) is 1. The van der Waals surface area contributed by atoms with E-state index in [-0.39, 0.29) is 18.6 Å². The Kier molecular flexibility index (Phi) is 8.14. The molecular formula is C12H19NO3. The van der Waals surface area contributed by atoms with Crippen LogP contribution >= 0.6 is 0 Å². The number of nitrogens with zero attached hydrogens (tertiary/aromatic N) is 1. The molecule has 0 aromatic rings. The minimum Gasteiger partial charge on any atom is -0.465 e. The molecule has 0 fully saturated rings. The van der Waals surface area contributed by atoms with E-state index in [1.165, 1.54) is 0 Å². The molecule has 0 radical (unpaired) electrons. The summed E-state index contributed by atoms with van der Waals surface area (Å²) in [5.74, 6) is -1.20. The highest BCUT2D eigenvalue weighted by molar-refractivity contribution is 5.80. The summed E-state index contributed by atoms with van der Waals surface area (Å²) in [6.07, 6.45) is 2.61. The van der Waals surface area contributed by atoms with E-state index in [0.29, 0.717) is 13.0 Å². The Hall–Kier alpha value is -1.37. The predicted octanol–water partition coefficient (Wildman–Crippen LogP) is 2.23. The second-order valence-electron chi connectivity index (χ2n) is 3.68. The van der Waals surface area contributed by atoms with Crippen molar-refractivity contribution in [2.45, 2.75) is 46.0 Å². The van der Waals surface area contributed by atoms with Crippen LogP contribution in [0, 0.1) is 17.2 Å². The molecule has 0 heterocycles. The van der Waals surface area contributed by atoms with E-state index in [0.717, 1.165) is 12.8 Å². The molecule has 1 atom stereocenters. The van der Waals surface area contributed by atoms with Gasteiger partial charge < -0.3 is 4.74 Å². The summed E-state index contributed by atoms with van der Waals surface area (Å²) in [4.78, 5) is 22.6. The van der Waals surface area contributed by atoms with Crippen molar-refractivity contribution in [2.24, 2.45) is 5.92 Å². The van der Waals surface area contributed by atoms with Crippen LogP contribution in [0.5, 0.6) is 0 Å². The summed E-state index contributed by atoms with van der Waals surface area (Å²) in [6, 6.07) is 1.88. The van der Waals surface area contributed by atoms with Gasteiger partial charge in [-0.3, -0.25) is 9.59 Å². The lowest BCUT2D eigenvalue weighted by Crippen LogP contribution is -2.17. The van der Waals surface area contributed by atoms with E-state index in [2.05, 4.69) is 0 Å². The molecule has 0 aliphatic rings. The largest absolute Gasteiger partial charge is 0.465 e. The van der Waals surface area contributed by atoms with Gasteiger partial charge in [0.1, 0.15) is 11.7 Å². The molecule has 4 heteroatoms. The summed E-state index contributed by atoms with van der Waals surface area (Å²) < 4.78 is 4.86. The van der Waals surface area contributed by atoms with Crippen LogP contribution in [0.3, 0.4) is 0 Å². The van der Waals surface area contributed by atoms with E-state index < -0.39 is 11.9 Å². The summed E-state index contributed by atoms with van der Waals surface area (Å²) in [5.41, 5.74) is 0. The Morgan fingerprint density at radius 3 is 2.44 bits per heavy atom. The Balaban J connectivity index is 3.96. The smallest absolute Gasteiger partial charge is 0.323 e. The van der Waals surface area contributed by atoms with Gasteiger partial charge in [-0.15, -0.1) is 0 Å². The lowest BCUT2D eigenvalue weighted by atomic mass is 10.0. The first-order chi connectivity index (χ1) is 7.65. The third kappa shape index (κ3) is 6.18. The van der Waals surface area contributed by atoms with Crippen LogP contribution in [0.1, 0.15) is 46.0 Å². The highest BCUT2D eigenvalue weighted by Crippen LogP contribution is 2.10. The standard InChI is InChI=1S/C12H19NO3/c1-3-5-11(14)7-6-10(9-13)12(15)16-8-4-2/h10H,3-8H2,1-2H3. The van der Waals surface area contributed by atoms with Crippen LogP contribution in [0.15, 0.2) is 0 Å². The topological polar surface area (TPSA) is 67.2 Å². The molecule has 0 aliphatic carbocycles. The summed E-state index contributed by atoms with van der Waals surface area (Å²) in [6.45, 7) is 4.15. The lowest BCUT2D eigenvalue weighted by molar-refractivity contribution is -0.146. The van der Waals surface area contributed by atoms with Crippen molar-refractivity contribution in [3.8, 4) is 6.07 Å². The fraction of sp³-hybridized carbons (Fsp3) is 0.750. The quantitative estimate of drug-likeness (QED) is 0.594. The molecule has 4 nitrogen and oxygen atoms in total. The predicted molar refractivity (Wildman–Crippen MR) is 59.5 cm³/mol. The number of hydrogen-bond donors (Lipinski definition) is 0. The van der Waals surface area contributed by atoms with Crippen LogP contribution in [-0.2, 0) is 14.3 Å². The zero-order valence-corrected chi connectivity index (χ0v) is 9.99. The van der Waals surface area contributed by atoms with E-state index in [4.69, 9.17) is 10.00 Å². The molecule has 0 amide bonds. The normalized spacial score (nSPS) is 11.6. The van der Waals surface area contributed by atoms with Gasteiger partial charge in [0.2, 0.25) is 0 Å². The van der Waals surface area contributed by atoms with Crippen molar-refractivity contribution >= 4 is 11.8 Å². The monoisotopic (exact) mass is 225 g/mol. The van der Waals surface area contributed by atoms with Crippen molar-refractivity contribution < 1.29 is 14.3 Å². The molecule has 0 aromatic carbocycles. The third-order valence-corrected chi connectivity index (χ3v) is 2.13. The van der Waals surface area contributed by atoms with E-state index >= 15 is 0 Å². The van der Waals surface area contributed by atoms with Gasteiger partial charge in [-0.2, -0.15) is 5.26 Å². The zero-order valence-electron chi connectivity index (χ0n) is 9.99. The highest BCUT2D eigenvalue weighted by atomic mass is 16.5. The van der Waals surface area contributed by atoms with E-state index in [1.807, 2.05) is 19.9 Å². The second-order valence-corrected chi connectivity index (χ2v) is 3.68. The molecule has 0 rings (SSSR count). The Morgan fingerprint density at radius 2 is 1.94 bits per heavy atom. The number of nitriles is 1. The summed E-state index contributed by atoms with van der Waals surface area (Å²) in [7, 11) is 0. The Morgan fingerprint density at radius 1 is 1.25 bits per heavy atom. The van der Waals surface area contributed by atoms with E-state index in [1.54, 1.807) is 0 Å². The first-order valence-electron chi connectivity index (χ1n) is 5.73. The molecule has 0 aromatic heterocycles. The molecule has 1 unspecified atom stereocenters. The molecule has 0 saturated carbocycles. The van der Waals surface area contributed by atoms with Gasteiger partial charge in [0.15, 0.2) is 0 Å². The Labute approximate surface area is 96.6 Å². The van der Waals surface area contributed by atoms with Gasteiger partial charge in [-0.05, 0) is 19.3 Å². The van der Waals surface area contributed by atoms with Gasteiger partial charge in [0.25, 0.3) is 0 Å². The van der Waals surface area contributed by atoms with Crippen molar-refractivity contribution in [1.29, 1.82) is 5.26 Å². The minimum atomic E-state index is -0.799. The van der Waals surface area contributed by atoms with Crippen LogP contribution in [0.4, 0.5) is 0 Å². The van der Waals surface area contributed by atoms with Crippen molar-refractivity contribution in [1.82, 2.24) is 0 Å². The average Bonchev–Trinajstić information content (AvgIpc) is 2.27. The molecule has 16 heavy (non-hydrogen) atoms. The first kappa shape index (κ1) is 14.6. The van der Waals surface area contributed by atoms with Gasteiger partial charge in [0, 0.05) is 12.8 Å². The number of Topliss-reactive ketones (excluding diaryl/α,β-unsaturated/α-hetero) is 1. The maximum Gasteiger partial charge on any atom is 0.323 e. The van der Waals surface area contributed by atoms with Gasteiger partial charge in [0.05, 0.1) is 12.7 Å². The summed E-state index contributed by atoms with van der Waals surface area (Å²) in [5, 5.41) is 8.78. The Bertz CT molecular complexity index is 268. The first-order valence-corrected chi connectivity index (χ1v) is 5.73. The van der Waals surface area contributed by atoms with Gasteiger partial charge in [-0.1, -0.05) is 13.8 Å². The number of esters is 1. The average molecular weight is 225 g/mol. The number of hydrogen-bond acceptors (Lipinski definition) is 4. The van der Waals surface area contributed by atoms with Crippen LogP contribution in [0.25, 0.3) is 0 Å². The maximum atomic E-state index is 11.3. The fourth-order valence-corrected chi connectivity index (χ4v) is 1.25. The third-order valence-electron chi connectivity index (χ3n) is 2.13. The molecule has 0 spiro atoms. The molecular weight excluding hydrogens is 206 g/mol. The maximum absolute atomic E-state index is 11.3. The molecule has 90 valence electrons. The highest BCUT2D eigenvalue weighted by Gasteiger charge is 2.20. The zero-order chi connectivity index (χ0) is 12.4. The van der Waals surface area contributed by atoms with Gasteiger partial charge in [-0.25, -0.2) is 0 Å². The number of ketones is 1. The van der Waals surface area contributed by atoms with Crippen molar-refractivity contribution in [3.05, 3.63) is 0 Å². The SMILES string of the molecule is CCCOC(=O)C(C#N)CCC(=O)CCC. The van der Waals surface area contributed by atoms with Crippen molar-refractivity contribution in [2.75, 3.05) is 6.61 Å². The molecule has 0 aliphatic heterocycles. The van der Waals surface area contributed by atoms with Crippen molar-refractivity contribution in [3.63, 3.8) is 0 Å². The number of carbonyl (C=O) groups excluding carboxylic acids is 2. The second kappa shape index (κ2) is 8.90. The fourth-order valence-electron chi connectivity index (χ4n) is 1.25. The minimum absolute atomic E-state index is 0.103.